The molecule has 2 aromatic rings. The SMILES string of the molecule is CCCC(Nc1nccc(C#N)c1[N+](=O)[O-])c1cccs1. The van der Waals surface area contributed by atoms with Gasteiger partial charge in [0.25, 0.3) is 0 Å². The Morgan fingerprint density at radius 3 is 2.95 bits per heavy atom. The van der Waals surface area contributed by atoms with Gasteiger partial charge in [0.1, 0.15) is 11.6 Å². The standard InChI is InChI=1S/C14H14N4O2S/c1-2-4-11(12-5-3-8-21-12)17-14-13(18(19)20)10(9-15)6-7-16-14/h3,5-8,11H,2,4H2,1H3,(H,16,17). The monoisotopic (exact) mass is 302 g/mol. The molecule has 1 N–H and O–H groups in total. The highest BCUT2D eigenvalue weighted by Crippen LogP contribution is 2.32. The number of aromatic nitrogens is 1. The molecule has 108 valence electrons. The number of rotatable bonds is 6. The summed E-state index contributed by atoms with van der Waals surface area (Å²) in [5.41, 5.74) is -0.253. The summed E-state index contributed by atoms with van der Waals surface area (Å²) in [5, 5.41) is 25.3. The Hall–Kier alpha value is -2.46. The van der Waals surface area contributed by atoms with E-state index in [1.165, 1.54) is 12.3 Å². The molecule has 2 rings (SSSR count). The molecule has 0 saturated carbocycles. The van der Waals surface area contributed by atoms with Crippen LogP contribution in [0.5, 0.6) is 0 Å². The van der Waals surface area contributed by atoms with Crippen molar-refractivity contribution in [1.82, 2.24) is 4.98 Å². The van der Waals surface area contributed by atoms with Crippen molar-refractivity contribution in [2.75, 3.05) is 5.32 Å². The van der Waals surface area contributed by atoms with Crippen molar-refractivity contribution in [3.05, 3.63) is 50.3 Å². The summed E-state index contributed by atoms with van der Waals surface area (Å²) >= 11 is 1.59. The number of nitro groups is 1. The number of anilines is 1. The lowest BCUT2D eigenvalue weighted by Crippen LogP contribution is -2.12. The van der Waals surface area contributed by atoms with Crippen LogP contribution in [-0.2, 0) is 0 Å². The van der Waals surface area contributed by atoms with E-state index in [4.69, 9.17) is 5.26 Å². The third kappa shape index (κ3) is 3.35. The fourth-order valence-corrected chi connectivity index (χ4v) is 2.88. The zero-order valence-corrected chi connectivity index (χ0v) is 12.3. The molecule has 2 aromatic heterocycles. The van der Waals surface area contributed by atoms with Gasteiger partial charge in [-0.15, -0.1) is 11.3 Å². The molecule has 0 amide bonds. The van der Waals surface area contributed by atoms with Gasteiger partial charge >= 0.3 is 5.69 Å². The highest BCUT2D eigenvalue weighted by Gasteiger charge is 2.23. The van der Waals surface area contributed by atoms with E-state index in [0.29, 0.717) is 0 Å². The zero-order valence-electron chi connectivity index (χ0n) is 11.4. The minimum atomic E-state index is -0.564. The Bertz CT molecular complexity index is 664. The van der Waals surface area contributed by atoms with Crippen LogP contribution in [0, 0.1) is 21.4 Å². The molecule has 0 radical (unpaired) electrons. The molecule has 0 aliphatic carbocycles. The molecule has 6 nitrogen and oxygen atoms in total. The van der Waals surface area contributed by atoms with Gasteiger partial charge in [0.15, 0.2) is 0 Å². The first kappa shape index (κ1) is 14.9. The molecule has 0 saturated heterocycles. The van der Waals surface area contributed by atoms with Crippen LogP contribution in [0.3, 0.4) is 0 Å². The van der Waals surface area contributed by atoms with Crippen molar-refractivity contribution in [1.29, 1.82) is 5.26 Å². The average Bonchev–Trinajstić information content (AvgIpc) is 3.00. The number of thiophene rings is 1. The zero-order chi connectivity index (χ0) is 15.2. The topological polar surface area (TPSA) is 91.8 Å². The molecule has 0 fully saturated rings. The van der Waals surface area contributed by atoms with E-state index in [2.05, 4.69) is 17.2 Å². The van der Waals surface area contributed by atoms with Crippen molar-refractivity contribution >= 4 is 22.8 Å². The third-order valence-corrected chi connectivity index (χ3v) is 3.99. The lowest BCUT2D eigenvalue weighted by atomic mass is 10.1. The molecule has 1 atom stereocenters. The van der Waals surface area contributed by atoms with Gasteiger partial charge in [-0.1, -0.05) is 19.4 Å². The fourth-order valence-electron chi connectivity index (χ4n) is 2.06. The summed E-state index contributed by atoms with van der Waals surface area (Å²) < 4.78 is 0. The maximum absolute atomic E-state index is 11.2. The summed E-state index contributed by atoms with van der Waals surface area (Å²) in [5.74, 6) is 0.144. The van der Waals surface area contributed by atoms with Crippen molar-refractivity contribution < 1.29 is 4.92 Å². The number of hydrogen-bond donors (Lipinski definition) is 1. The van der Waals surface area contributed by atoms with Gasteiger partial charge in [0.05, 0.1) is 11.0 Å². The van der Waals surface area contributed by atoms with Crippen molar-refractivity contribution in [2.24, 2.45) is 0 Å². The predicted octanol–water partition coefficient (Wildman–Crippen LogP) is 3.88. The van der Waals surface area contributed by atoms with Crippen LogP contribution >= 0.6 is 11.3 Å². The van der Waals surface area contributed by atoms with Crippen LogP contribution in [0.1, 0.15) is 36.2 Å². The summed E-state index contributed by atoms with van der Waals surface area (Å²) in [7, 11) is 0. The second-order valence-electron chi connectivity index (χ2n) is 4.43. The van der Waals surface area contributed by atoms with Crippen LogP contribution in [0.2, 0.25) is 0 Å². The van der Waals surface area contributed by atoms with E-state index in [1.54, 1.807) is 11.3 Å². The Morgan fingerprint density at radius 1 is 1.57 bits per heavy atom. The Labute approximate surface area is 126 Å². The van der Waals surface area contributed by atoms with E-state index in [1.807, 2.05) is 23.6 Å². The quantitative estimate of drug-likeness (QED) is 0.645. The number of nitrogens with one attached hydrogen (secondary N) is 1. The minimum Gasteiger partial charge on any atom is -0.357 e. The third-order valence-electron chi connectivity index (χ3n) is 3.00. The first-order chi connectivity index (χ1) is 10.2. The number of nitrogens with zero attached hydrogens (tertiary/aromatic N) is 3. The van der Waals surface area contributed by atoms with Crippen molar-refractivity contribution in [2.45, 2.75) is 25.8 Å². The van der Waals surface area contributed by atoms with Crippen LogP contribution in [0.4, 0.5) is 11.5 Å². The maximum atomic E-state index is 11.2. The molecule has 0 bridgehead atoms. The van der Waals surface area contributed by atoms with Crippen LogP contribution in [0.25, 0.3) is 0 Å². The summed E-state index contributed by atoms with van der Waals surface area (Å²) in [4.78, 5) is 15.8. The van der Waals surface area contributed by atoms with E-state index >= 15 is 0 Å². The predicted molar refractivity (Wildman–Crippen MR) is 81.2 cm³/mol. The van der Waals surface area contributed by atoms with Crippen molar-refractivity contribution in [3.63, 3.8) is 0 Å². The minimum absolute atomic E-state index is 0.0129. The van der Waals surface area contributed by atoms with Gasteiger partial charge in [-0.05, 0) is 23.9 Å². The second-order valence-corrected chi connectivity index (χ2v) is 5.40. The molecular weight excluding hydrogens is 288 g/mol. The first-order valence-corrected chi connectivity index (χ1v) is 7.38. The Kier molecular flexibility index (Phi) is 4.85. The average molecular weight is 302 g/mol. The maximum Gasteiger partial charge on any atom is 0.328 e. The molecule has 7 heteroatoms. The number of nitriles is 1. The van der Waals surface area contributed by atoms with Gasteiger partial charge in [-0.3, -0.25) is 10.1 Å². The molecule has 0 aliphatic heterocycles. The summed E-state index contributed by atoms with van der Waals surface area (Å²) in [6.45, 7) is 2.05. The molecule has 2 heterocycles. The normalized spacial score (nSPS) is 11.6. The lowest BCUT2D eigenvalue weighted by molar-refractivity contribution is -0.384. The molecule has 1 unspecified atom stereocenters. The van der Waals surface area contributed by atoms with Crippen LogP contribution in [-0.4, -0.2) is 9.91 Å². The van der Waals surface area contributed by atoms with Crippen LogP contribution in [0.15, 0.2) is 29.8 Å². The van der Waals surface area contributed by atoms with Crippen molar-refractivity contribution in [3.8, 4) is 6.07 Å². The Balaban J connectivity index is 2.37. The van der Waals surface area contributed by atoms with Gasteiger partial charge in [-0.25, -0.2) is 4.98 Å². The lowest BCUT2D eigenvalue weighted by Gasteiger charge is -2.17. The van der Waals surface area contributed by atoms with Gasteiger partial charge in [-0.2, -0.15) is 5.26 Å². The van der Waals surface area contributed by atoms with Crippen LogP contribution < -0.4 is 5.32 Å². The van der Waals surface area contributed by atoms with Gasteiger partial charge in [0, 0.05) is 11.1 Å². The van der Waals surface area contributed by atoms with Gasteiger partial charge < -0.3 is 5.32 Å². The molecule has 0 spiro atoms. The number of pyridine rings is 1. The van der Waals surface area contributed by atoms with Gasteiger partial charge in [0.2, 0.25) is 5.82 Å². The molecule has 0 aliphatic rings. The smallest absolute Gasteiger partial charge is 0.328 e. The van der Waals surface area contributed by atoms with E-state index < -0.39 is 4.92 Å². The van der Waals surface area contributed by atoms with E-state index in [-0.39, 0.29) is 23.1 Å². The summed E-state index contributed by atoms with van der Waals surface area (Å²) in [6, 6.07) is 7.07. The molecular formula is C14H14N4O2S. The highest BCUT2D eigenvalue weighted by molar-refractivity contribution is 7.10. The number of hydrogen-bond acceptors (Lipinski definition) is 6. The highest BCUT2D eigenvalue weighted by atomic mass is 32.1. The Morgan fingerprint density at radius 2 is 2.38 bits per heavy atom. The molecule has 21 heavy (non-hydrogen) atoms. The van der Waals surface area contributed by atoms with E-state index in [0.717, 1.165) is 17.7 Å². The molecule has 0 aromatic carbocycles. The largest absolute Gasteiger partial charge is 0.357 e. The fraction of sp³-hybridized carbons (Fsp3) is 0.286. The second kappa shape index (κ2) is 6.81. The summed E-state index contributed by atoms with van der Waals surface area (Å²) in [6.07, 6.45) is 3.17. The first-order valence-electron chi connectivity index (χ1n) is 6.50. The van der Waals surface area contributed by atoms with E-state index in [9.17, 15) is 10.1 Å².